The first-order valence-electron chi connectivity index (χ1n) is 10.6. The molecule has 1 atom stereocenters. The van der Waals surface area contributed by atoms with Gasteiger partial charge in [-0.3, -0.25) is 9.59 Å². The molecule has 2 rings (SSSR count). The van der Waals surface area contributed by atoms with E-state index in [1.165, 1.54) is 6.21 Å². The number of carbonyl (C=O) groups is 2. The molecule has 2 aromatic carbocycles. The highest BCUT2D eigenvalue weighted by molar-refractivity contribution is 9.10. The Labute approximate surface area is 202 Å². The first-order chi connectivity index (χ1) is 15.3. The van der Waals surface area contributed by atoms with Crippen LogP contribution in [0.2, 0.25) is 5.02 Å². The van der Waals surface area contributed by atoms with Crippen molar-refractivity contribution in [2.45, 2.75) is 46.1 Å². The molecular weight excluding hydrogens is 494 g/mol. The molecule has 0 saturated heterocycles. The van der Waals surface area contributed by atoms with Gasteiger partial charge in [-0.2, -0.15) is 5.10 Å². The van der Waals surface area contributed by atoms with Gasteiger partial charge in [-0.25, -0.2) is 5.43 Å². The summed E-state index contributed by atoms with van der Waals surface area (Å²) in [6.45, 7) is 6.68. The Hall–Kier alpha value is -2.38. The summed E-state index contributed by atoms with van der Waals surface area (Å²) in [6.07, 6.45) is 4.00. The van der Waals surface area contributed by atoms with Crippen molar-refractivity contribution in [3.8, 4) is 5.75 Å². The molecule has 0 radical (unpaired) electrons. The highest BCUT2D eigenvalue weighted by atomic mass is 79.9. The average Bonchev–Trinajstić information content (AvgIpc) is 2.75. The number of ether oxygens (including phenoxy) is 1. The standard InChI is InChI=1S/C24H29BrClN3O3/c1-4-5-12-32-22-11-8-19(25)14-18(22)15-27-29-24(31)21(13-16(2)3)28-23(30)17-6-9-20(26)10-7-17/h6-11,14-16,21H,4-5,12-13H2,1-3H3,(H,28,30)(H,29,31)/b27-15+. The summed E-state index contributed by atoms with van der Waals surface area (Å²) in [4.78, 5) is 25.3. The van der Waals surface area contributed by atoms with Crippen LogP contribution in [-0.4, -0.2) is 30.7 Å². The van der Waals surface area contributed by atoms with Gasteiger partial charge in [0, 0.05) is 20.6 Å². The predicted molar refractivity (Wildman–Crippen MR) is 132 cm³/mol. The third kappa shape index (κ3) is 8.63. The van der Waals surface area contributed by atoms with Gasteiger partial charge < -0.3 is 10.1 Å². The summed E-state index contributed by atoms with van der Waals surface area (Å²) in [7, 11) is 0. The number of unbranched alkanes of at least 4 members (excludes halogenated alkanes) is 1. The minimum absolute atomic E-state index is 0.198. The van der Waals surface area contributed by atoms with Crippen molar-refractivity contribution in [3.05, 3.63) is 63.1 Å². The molecule has 172 valence electrons. The van der Waals surface area contributed by atoms with Crippen LogP contribution in [0.15, 0.2) is 52.0 Å². The zero-order valence-corrected chi connectivity index (χ0v) is 20.9. The van der Waals surface area contributed by atoms with Crippen molar-refractivity contribution in [1.82, 2.24) is 10.7 Å². The molecule has 0 aromatic heterocycles. The molecule has 0 aliphatic carbocycles. The van der Waals surface area contributed by atoms with E-state index in [4.69, 9.17) is 16.3 Å². The number of carbonyl (C=O) groups excluding carboxylic acids is 2. The lowest BCUT2D eigenvalue weighted by atomic mass is 10.0. The minimum Gasteiger partial charge on any atom is -0.493 e. The van der Waals surface area contributed by atoms with E-state index in [2.05, 4.69) is 38.7 Å². The normalized spacial score (nSPS) is 12.1. The van der Waals surface area contributed by atoms with Crippen LogP contribution in [0.5, 0.6) is 5.75 Å². The number of nitrogens with zero attached hydrogens (tertiary/aromatic N) is 1. The number of benzene rings is 2. The number of rotatable bonds is 11. The summed E-state index contributed by atoms with van der Waals surface area (Å²) in [5.41, 5.74) is 3.71. The van der Waals surface area contributed by atoms with Crippen molar-refractivity contribution in [3.63, 3.8) is 0 Å². The van der Waals surface area contributed by atoms with Gasteiger partial charge in [0.1, 0.15) is 11.8 Å². The number of nitrogens with one attached hydrogen (secondary N) is 2. The van der Waals surface area contributed by atoms with Crippen LogP contribution in [0, 0.1) is 5.92 Å². The molecule has 0 heterocycles. The van der Waals surface area contributed by atoms with E-state index in [1.54, 1.807) is 24.3 Å². The van der Waals surface area contributed by atoms with Crippen molar-refractivity contribution in [2.24, 2.45) is 11.0 Å². The van der Waals surface area contributed by atoms with Gasteiger partial charge in [-0.15, -0.1) is 0 Å². The molecule has 2 amide bonds. The Bertz CT molecular complexity index is 933. The summed E-state index contributed by atoms with van der Waals surface area (Å²) >= 11 is 9.32. The van der Waals surface area contributed by atoms with Crippen LogP contribution in [0.4, 0.5) is 0 Å². The van der Waals surface area contributed by atoms with Crippen LogP contribution in [0.3, 0.4) is 0 Å². The van der Waals surface area contributed by atoms with Gasteiger partial charge in [0.05, 0.1) is 12.8 Å². The fraction of sp³-hybridized carbons (Fsp3) is 0.375. The Balaban J connectivity index is 2.06. The molecule has 0 aliphatic heterocycles. The zero-order chi connectivity index (χ0) is 23.5. The number of halogens is 2. The van der Waals surface area contributed by atoms with Gasteiger partial charge in [0.15, 0.2) is 0 Å². The number of amides is 2. The second kappa shape index (κ2) is 13.2. The van der Waals surface area contributed by atoms with Crippen molar-refractivity contribution in [1.29, 1.82) is 0 Å². The Morgan fingerprint density at radius 3 is 2.56 bits per heavy atom. The second-order valence-corrected chi connectivity index (χ2v) is 9.13. The van der Waals surface area contributed by atoms with Crippen LogP contribution in [0.1, 0.15) is 56.0 Å². The highest BCUT2D eigenvalue weighted by Gasteiger charge is 2.22. The lowest BCUT2D eigenvalue weighted by Gasteiger charge is -2.19. The zero-order valence-electron chi connectivity index (χ0n) is 18.5. The Morgan fingerprint density at radius 1 is 1.19 bits per heavy atom. The Kier molecular flexibility index (Phi) is 10.7. The summed E-state index contributed by atoms with van der Waals surface area (Å²) in [5, 5.41) is 7.42. The van der Waals surface area contributed by atoms with Crippen LogP contribution < -0.4 is 15.5 Å². The smallest absolute Gasteiger partial charge is 0.262 e. The first-order valence-corrected chi connectivity index (χ1v) is 11.8. The highest BCUT2D eigenvalue weighted by Crippen LogP contribution is 2.22. The average molecular weight is 523 g/mol. The van der Waals surface area contributed by atoms with Gasteiger partial charge in [-0.1, -0.05) is 54.7 Å². The largest absolute Gasteiger partial charge is 0.493 e. The monoisotopic (exact) mass is 521 g/mol. The molecule has 32 heavy (non-hydrogen) atoms. The lowest BCUT2D eigenvalue weighted by molar-refractivity contribution is -0.123. The van der Waals surface area contributed by atoms with Gasteiger partial charge in [0.2, 0.25) is 0 Å². The topological polar surface area (TPSA) is 79.8 Å². The van der Waals surface area contributed by atoms with Gasteiger partial charge in [-0.05, 0) is 61.2 Å². The summed E-state index contributed by atoms with van der Waals surface area (Å²) in [5.74, 6) is 0.157. The molecule has 1 unspecified atom stereocenters. The van der Waals surface area contributed by atoms with Crippen molar-refractivity contribution < 1.29 is 14.3 Å². The van der Waals surface area contributed by atoms with E-state index in [0.717, 1.165) is 22.9 Å². The predicted octanol–water partition coefficient (Wildman–Crippen LogP) is 5.58. The van der Waals surface area contributed by atoms with E-state index in [1.807, 2.05) is 32.0 Å². The molecular formula is C24H29BrClN3O3. The van der Waals surface area contributed by atoms with E-state index < -0.39 is 6.04 Å². The van der Waals surface area contributed by atoms with E-state index in [-0.39, 0.29) is 17.7 Å². The number of hydrogen-bond acceptors (Lipinski definition) is 4. The molecule has 0 bridgehead atoms. The van der Waals surface area contributed by atoms with Crippen molar-refractivity contribution >= 4 is 45.6 Å². The number of hydrogen-bond donors (Lipinski definition) is 2. The molecule has 2 aromatic rings. The first kappa shape index (κ1) is 25.9. The maximum atomic E-state index is 12.8. The maximum Gasteiger partial charge on any atom is 0.262 e. The van der Waals surface area contributed by atoms with E-state index >= 15 is 0 Å². The molecule has 6 nitrogen and oxygen atoms in total. The molecule has 0 fully saturated rings. The molecule has 0 spiro atoms. The second-order valence-electron chi connectivity index (χ2n) is 7.78. The lowest BCUT2D eigenvalue weighted by Crippen LogP contribution is -2.46. The van der Waals surface area contributed by atoms with Crippen LogP contribution >= 0.6 is 27.5 Å². The summed E-state index contributed by atoms with van der Waals surface area (Å²) < 4.78 is 6.68. The molecule has 0 saturated carbocycles. The van der Waals surface area contributed by atoms with E-state index in [0.29, 0.717) is 29.4 Å². The molecule has 0 aliphatic rings. The van der Waals surface area contributed by atoms with Crippen molar-refractivity contribution in [2.75, 3.05) is 6.61 Å². The summed E-state index contributed by atoms with van der Waals surface area (Å²) in [6, 6.07) is 11.4. The quantitative estimate of drug-likeness (QED) is 0.230. The van der Waals surface area contributed by atoms with Crippen LogP contribution in [-0.2, 0) is 4.79 Å². The third-order valence-electron chi connectivity index (χ3n) is 4.54. The fourth-order valence-corrected chi connectivity index (χ4v) is 3.37. The fourth-order valence-electron chi connectivity index (χ4n) is 2.87. The van der Waals surface area contributed by atoms with E-state index in [9.17, 15) is 9.59 Å². The van der Waals surface area contributed by atoms with Crippen LogP contribution in [0.25, 0.3) is 0 Å². The molecule has 2 N–H and O–H groups in total. The number of hydrazone groups is 1. The maximum absolute atomic E-state index is 12.8. The SMILES string of the molecule is CCCCOc1ccc(Br)cc1/C=N/NC(=O)C(CC(C)C)NC(=O)c1ccc(Cl)cc1. The van der Waals surface area contributed by atoms with Gasteiger partial charge in [0.25, 0.3) is 11.8 Å². The molecule has 8 heteroatoms. The Morgan fingerprint density at radius 2 is 1.91 bits per heavy atom. The minimum atomic E-state index is -0.724. The van der Waals surface area contributed by atoms with Gasteiger partial charge >= 0.3 is 0 Å². The third-order valence-corrected chi connectivity index (χ3v) is 5.29.